The number of aromatic nitrogens is 2. The Morgan fingerprint density at radius 2 is 2.04 bits per heavy atom. The molecule has 0 aliphatic heterocycles. The first-order valence-corrected chi connectivity index (χ1v) is 8.93. The zero-order chi connectivity index (χ0) is 17.9. The first-order chi connectivity index (χ1) is 12.1. The van der Waals surface area contributed by atoms with Crippen molar-refractivity contribution in [3.05, 3.63) is 58.9 Å². The van der Waals surface area contributed by atoms with Crippen molar-refractivity contribution in [1.82, 2.24) is 15.1 Å². The molecule has 1 aliphatic carbocycles. The van der Waals surface area contributed by atoms with Gasteiger partial charge in [-0.1, -0.05) is 23.7 Å². The largest absolute Gasteiger partial charge is 0.339 e. The summed E-state index contributed by atoms with van der Waals surface area (Å²) in [6, 6.07) is 9.90. The molecule has 0 atom stereocenters. The van der Waals surface area contributed by atoms with Crippen LogP contribution in [0.3, 0.4) is 0 Å². The number of rotatable bonds is 4. The van der Waals surface area contributed by atoms with Gasteiger partial charge in [0.1, 0.15) is 0 Å². The smallest absolute Gasteiger partial charge is 0.255 e. The standard InChI is InChI=1S/C19H23ClN4O.ClH/c1-24(18(25)14-7-10-22-23-12-14)17-5-8-19(13-21,9-6-17)15-3-2-4-16(20)11-15;/h2-4,7,10-12,17H,5-6,8-9,13,21H2,1H3;1H/t17-,19-;. The van der Waals surface area contributed by atoms with E-state index in [2.05, 4.69) is 16.3 Å². The van der Waals surface area contributed by atoms with Gasteiger partial charge in [0.15, 0.2) is 0 Å². The first-order valence-electron chi connectivity index (χ1n) is 8.56. The molecule has 0 spiro atoms. The maximum Gasteiger partial charge on any atom is 0.255 e. The number of carbonyl (C=O) groups excluding carboxylic acids is 1. The van der Waals surface area contributed by atoms with Gasteiger partial charge in [0.2, 0.25) is 0 Å². The van der Waals surface area contributed by atoms with Crippen molar-refractivity contribution in [3.8, 4) is 0 Å². The van der Waals surface area contributed by atoms with Gasteiger partial charge in [-0.15, -0.1) is 12.4 Å². The summed E-state index contributed by atoms with van der Waals surface area (Å²) in [5.41, 5.74) is 7.88. The average molecular weight is 395 g/mol. The third-order valence-electron chi connectivity index (χ3n) is 5.44. The summed E-state index contributed by atoms with van der Waals surface area (Å²) < 4.78 is 0. The molecule has 0 saturated heterocycles. The molecule has 1 saturated carbocycles. The third-order valence-corrected chi connectivity index (χ3v) is 5.67. The maximum absolute atomic E-state index is 12.6. The van der Waals surface area contributed by atoms with Crippen molar-refractivity contribution in [1.29, 1.82) is 0 Å². The summed E-state index contributed by atoms with van der Waals surface area (Å²) in [5.74, 6) is -0.0112. The van der Waals surface area contributed by atoms with Gasteiger partial charge in [-0.05, 0) is 49.4 Å². The molecule has 26 heavy (non-hydrogen) atoms. The van der Waals surface area contributed by atoms with Crippen LogP contribution in [-0.4, -0.2) is 40.6 Å². The lowest BCUT2D eigenvalue weighted by Crippen LogP contribution is -2.46. The van der Waals surface area contributed by atoms with E-state index in [1.54, 1.807) is 12.3 Å². The van der Waals surface area contributed by atoms with Crippen LogP contribution in [0.25, 0.3) is 0 Å². The maximum atomic E-state index is 12.6. The monoisotopic (exact) mass is 394 g/mol. The van der Waals surface area contributed by atoms with Gasteiger partial charge < -0.3 is 10.6 Å². The Morgan fingerprint density at radius 3 is 2.62 bits per heavy atom. The Labute approximate surface area is 165 Å². The Hall–Kier alpha value is -1.69. The van der Waals surface area contributed by atoms with E-state index in [1.807, 2.05) is 30.1 Å². The van der Waals surface area contributed by atoms with Crippen LogP contribution in [0.2, 0.25) is 5.02 Å². The predicted molar refractivity (Wildman–Crippen MR) is 106 cm³/mol. The second-order valence-corrected chi connectivity index (χ2v) is 7.21. The minimum Gasteiger partial charge on any atom is -0.339 e. The Balaban J connectivity index is 0.00000243. The molecule has 0 unspecified atom stereocenters. The number of hydrogen-bond acceptors (Lipinski definition) is 4. The van der Waals surface area contributed by atoms with Crippen molar-refractivity contribution >= 4 is 29.9 Å². The van der Waals surface area contributed by atoms with Gasteiger partial charge in [-0.2, -0.15) is 10.2 Å². The summed E-state index contributed by atoms with van der Waals surface area (Å²) in [4.78, 5) is 14.4. The Kier molecular flexibility index (Phi) is 6.98. The topological polar surface area (TPSA) is 72.1 Å². The lowest BCUT2D eigenvalue weighted by Gasteiger charge is -2.42. The van der Waals surface area contributed by atoms with E-state index < -0.39 is 0 Å². The predicted octanol–water partition coefficient (Wildman–Crippen LogP) is 3.46. The Morgan fingerprint density at radius 1 is 1.31 bits per heavy atom. The summed E-state index contributed by atoms with van der Waals surface area (Å²) in [6.45, 7) is 0.589. The molecule has 0 bridgehead atoms. The van der Waals surface area contributed by atoms with Crippen LogP contribution in [0.4, 0.5) is 0 Å². The highest BCUT2D eigenvalue weighted by Crippen LogP contribution is 2.40. The van der Waals surface area contributed by atoms with Crippen LogP contribution in [0.15, 0.2) is 42.7 Å². The molecule has 1 fully saturated rings. The second kappa shape index (κ2) is 8.80. The lowest BCUT2D eigenvalue weighted by molar-refractivity contribution is 0.0662. The van der Waals surface area contributed by atoms with Crippen LogP contribution < -0.4 is 5.73 Å². The fourth-order valence-corrected chi connectivity index (χ4v) is 3.95. The number of carbonyl (C=O) groups is 1. The van der Waals surface area contributed by atoms with E-state index in [1.165, 1.54) is 11.8 Å². The summed E-state index contributed by atoms with van der Waals surface area (Å²) in [5, 5.41) is 8.26. The van der Waals surface area contributed by atoms with Crippen LogP contribution >= 0.6 is 24.0 Å². The molecule has 1 aromatic carbocycles. The number of hydrogen-bond donors (Lipinski definition) is 1. The van der Waals surface area contributed by atoms with Crippen LogP contribution in [0.5, 0.6) is 0 Å². The van der Waals surface area contributed by atoms with Crippen LogP contribution in [0.1, 0.15) is 41.6 Å². The number of nitrogens with two attached hydrogens (primary N) is 1. The van der Waals surface area contributed by atoms with E-state index in [-0.39, 0.29) is 29.8 Å². The normalized spacial score (nSPS) is 22.3. The molecule has 3 rings (SSSR count). The summed E-state index contributed by atoms with van der Waals surface area (Å²) >= 11 is 6.17. The molecular formula is C19H24Cl2N4O. The highest BCUT2D eigenvalue weighted by Gasteiger charge is 2.37. The molecule has 1 heterocycles. The fraction of sp³-hybridized carbons (Fsp3) is 0.421. The van der Waals surface area contributed by atoms with E-state index in [0.717, 1.165) is 30.7 Å². The van der Waals surface area contributed by atoms with Gasteiger partial charge in [-0.3, -0.25) is 4.79 Å². The lowest BCUT2D eigenvalue weighted by atomic mass is 9.68. The SMILES string of the molecule is CN(C(=O)c1ccnnc1)[C@H]1CC[C@](CN)(c2cccc(Cl)c2)CC1.Cl. The van der Waals surface area contributed by atoms with Crippen LogP contribution in [0, 0.1) is 0 Å². The van der Waals surface area contributed by atoms with Crippen molar-refractivity contribution in [2.75, 3.05) is 13.6 Å². The summed E-state index contributed by atoms with van der Waals surface area (Å²) in [6.07, 6.45) is 6.79. The number of benzene rings is 1. The number of amides is 1. The van der Waals surface area contributed by atoms with Crippen molar-refractivity contribution < 1.29 is 4.79 Å². The molecule has 2 N–H and O–H groups in total. The van der Waals surface area contributed by atoms with E-state index in [9.17, 15) is 4.79 Å². The zero-order valence-corrected chi connectivity index (χ0v) is 16.3. The third kappa shape index (κ3) is 4.17. The van der Waals surface area contributed by atoms with Crippen molar-refractivity contribution in [3.63, 3.8) is 0 Å². The molecular weight excluding hydrogens is 371 g/mol. The summed E-state index contributed by atoms with van der Waals surface area (Å²) in [7, 11) is 1.86. The molecule has 140 valence electrons. The fourth-order valence-electron chi connectivity index (χ4n) is 3.76. The average Bonchev–Trinajstić information content (AvgIpc) is 2.67. The molecule has 0 radical (unpaired) electrons. The number of halogens is 2. The van der Waals surface area contributed by atoms with Crippen molar-refractivity contribution in [2.24, 2.45) is 5.73 Å². The molecule has 1 aromatic heterocycles. The Bertz CT molecular complexity index is 733. The van der Waals surface area contributed by atoms with E-state index in [4.69, 9.17) is 17.3 Å². The molecule has 1 aliphatic rings. The van der Waals surface area contributed by atoms with Gasteiger partial charge in [0.05, 0.1) is 18.0 Å². The second-order valence-electron chi connectivity index (χ2n) is 6.77. The molecule has 1 amide bonds. The molecule has 5 nitrogen and oxygen atoms in total. The van der Waals surface area contributed by atoms with Gasteiger partial charge >= 0.3 is 0 Å². The quantitative estimate of drug-likeness (QED) is 0.861. The minimum atomic E-state index is -0.0521. The molecule has 7 heteroatoms. The van der Waals surface area contributed by atoms with Gasteiger partial charge in [-0.25, -0.2) is 0 Å². The highest BCUT2D eigenvalue weighted by atomic mass is 35.5. The molecule has 2 aromatic rings. The van der Waals surface area contributed by atoms with Gasteiger partial charge in [0.25, 0.3) is 5.91 Å². The van der Waals surface area contributed by atoms with E-state index in [0.29, 0.717) is 12.1 Å². The van der Waals surface area contributed by atoms with Crippen LogP contribution in [-0.2, 0) is 5.41 Å². The minimum absolute atomic E-state index is 0. The highest BCUT2D eigenvalue weighted by molar-refractivity contribution is 6.30. The number of nitrogens with zero attached hydrogens (tertiary/aromatic N) is 3. The van der Waals surface area contributed by atoms with Gasteiger partial charge in [0, 0.05) is 30.1 Å². The zero-order valence-electron chi connectivity index (χ0n) is 14.8. The first kappa shape index (κ1) is 20.6. The van der Waals surface area contributed by atoms with Crippen molar-refractivity contribution in [2.45, 2.75) is 37.1 Å². The van der Waals surface area contributed by atoms with E-state index >= 15 is 0 Å².